The van der Waals surface area contributed by atoms with Crippen LogP contribution in [0.1, 0.15) is 18.4 Å². The molecule has 8 nitrogen and oxygen atoms in total. The minimum atomic E-state index is -3.79. The van der Waals surface area contributed by atoms with Gasteiger partial charge in [-0.05, 0) is 60.4 Å². The summed E-state index contributed by atoms with van der Waals surface area (Å²) in [5.41, 5.74) is 1.67. The highest BCUT2D eigenvalue weighted by atomic mass is 32.2. The Morgan fingerprint density at radius 1 is 1.00 bits per heavy atom. The van der Waals surface area contributed by atoms with Crippen LogP contribution in [0.15, 0.2) is 65.7 Å². The highest BCUT2D eigenvalue weighted by Crippen LogP contribution is 2.51. The third-order valence-corrected chi connectivity index (χ3v) is 6.52. The summed E-state index contributed by atoms with van der Waals surface area (Å²) in [5.74, 6) is 1.63. The molecular weight excluding hydrogens is 418 g/mol. The second-order valence-corrected chi connectivity index (χ2v) is 9.17. The number of anilines is 1. The number of benzene rings is 2. The van der Waals surface area contributed by atoms with E-state index in [-0.39, 0.29) is 17.6 Å². The van der Waals surface area contributed by atoms with Gasteiger partial charge in [-0.2, -0.15) is 0 Å². The zero-order valence-electron chi connectivity index (χ0n) is 16.4. The van der Waals surface area contributed by atoms with Crippen molar-refractivity contribution in [3.8, 4) is 22.6 Å². The summed E-state index contributed by atoms with van der Waals surface area (Å²) in [5, 5.41) is 8.09. The maximum atomic E-state index is 13.0. The summed E-state index contributed by atoms with van der Waals surface area (Å²) in [7, 11) is -3.79. The van der Waals surface area contributed by atoms with Gasteiger partial charge in [-0.25, -0.2) is 18.5 Å². The first kappa shape index (κ1) is 19.5. The molecule has 2 aliphatic rings. The summed E-state index contributed by atoms with van der Waals surface area (Å²) in [6, 6.07) is 15.4. The predicted octanol–water partition coefficient (Wildman–Crippen LogP) is 2.80. The van der Waals surface area contributed by atoms with Gasteiger partial charge in [0.1, 0.15) is 5.82 Å². The standard InChI is InChI=1S/C22H19N3O5S/c23-31(27,28)17-3-1-2-14(10-17)15-4-7-20(24-12-15)25-21(26)22(8-9-22)16-5-6-18-19(11-16)30-13-29-18/h1-7,10-12H,8-9,13H2,(H2,23,27,28)(H,24,25,26). The number of nitrogens with zero attached hydrogens (tertiary/aromatic N) is 1. The Labute approximate surface area is 179 Å². The van der Waals surface area contributed by atoms with Gasteiger partial charge in [0.05, 0.1) is 10.3 Å². The number of primary sulfonamides is 1. The van der Waals surface area contributed by atoms with Crippen molar-refractivity contribution in [2.24, 2.45) is 5.14 Å². The van der Waals surface area contributed by atoms with Crippen LogP contribution in [0.4, 0.5) is 5.82 Å². The van der Waals surface area contributed by atoms with Crippen molar-refractivity contribution in [2.45, 2.75) is 23.2 Å². The molecular formula is C22H19N3O5S. The second-order valence-electron chi connectivity index (χ2n) is 7.61. The van der Waals surface area contributed by atoms with Gasteiger partial charge in [0.2, 0.25) is 22.7 Å². The molecule has 1 aromatic heterocycles. The summed E-state index contributed by atoms with van der Waals surface area (Å²) in [6.45, 7) is 0.189. The number of carbonyl (C=O) groups excluding carboxylic acids is 1. The van der Waals surface area contributed by atoms with Gasteiger partial charge in [0.25, 0.3) is 0 Å². The smallest absolute Gasteiger partial charge is 0.238 e. The number of pyridine rings is 1. The fourth-order valence-corrected chi connectivity index (χ4v) is 4.25. The number of fused-ring (bicyclic) bond motifs is 1. The Balaban J connectivity index is 1.34. The van der Waals surface area contributed by atoms with Crippen molar-refractivity contribution >= 4 is 21.7 Å². The van der Waals surface area contributed by atoms with Crippen molar-refractivity contribution in [2.75, 3.05) is 12.1 Å². The first-order chi connectivity index (χ1) is 14.8. The highest BCUT2D eigenvalue weighted by Gasteiger charge is 2.51. The quantitative estimate of drug-likeness (QED) is 0.633. The van der Waals surface area contributed by atoms with E-state index >= 15 is 0 Å². The van der Waals surface area contributed by atoms with Gasteiger partial charge >= 0.3 is 0 Å². The molecule has 3 N–H and O–H groups in total. The van der Waals surface area contributed by atoms with Gasteiger partial charge in [-0.3, -0.25) is 4.79 Å². The monoisotopic (exact) mass is 437 g/mol. The molecule has 158 valence electrons. The van der Waals surface area contributed by atoms with Gasteiger partial charge < -0.3 is 14.8 Å². The average Bonchev–Trinajstić information content (AvgIpc) is 3.45. The maximum Gasteiger partial charge on any atom is 0.238 e. The van der Waals surface area contributed by atoms with E-state index in [1.54, 1.807) is 30.5 Å². The lowest BCUT2D eigenvalue weighted by Gasteiger charge is -2.16. The first-order valence-electron chi connectivity index (χ1n) is 9.66. The summed E-state index contributed by atoms with van der Waals surface area (Å²) < 4.78 is 33.9. The molecule has 0 spiro atoms. The number of ether oxygens (including phenoxy) is 2. The van der Waals surface area contributed by atoms with Crippen LogP contribution in [-0.4, -0.2) is 26.1 Å². The fourth-order valence-electron chi connectivity index (χ4n) is 3.69. The molecule has 2 heterocycles. The normalized spacial score (nSPS) is 16.0. The molecule has 2 aromatic carbocycles. The van der Waals surface area contributed by atoms with E-state index in [4.69, 9.17) is 14.6 Å². The predicted molar refractivity (Wildman–Crippen MR) is 113 cm³/mol. The number of hydrogen-bond donors (Lipinski definition) is 2. The van der Waals surface area contributed by atoms with Crippen LogP contribution < -0.4 is 19.9 Å². The molecule has 0 unspecified atom stereocenters. The van der Waals surface area contributed by atoms with Crippen LogP contribution in [0, 0.1) is 0 Å². The number of sulfonamides is 1. The van der Waals surface area contributed by atoms with E-state index in [1.807, 2.05) is 18.2 Å². The molecule has 1 amide bonds. The van der Waals surface area contributed by atoms with Gasteiger partial charge in [-0.1, -0.05) is 18.2 Å². The molecule has 0 atom stereocenters. The summed E-state index contributed by atoms with van der Waals surface area (Å²) in [6.07, 6.45) is 3.08. The van der Waals surface area contributed by atoms with E-state index in [0.29, 0.717) is 28.4 Å². The Hall–Kier alpha value is -3.43. The van der Waals surface area contributed by atoms with Crippen molar-refractivity contribution in [3.63, 3.8) is 0 Å². The minimum Gasteiger partial charge on any atom is -0.454 e. The number of amides is 1. The lowest BCUT2D eigenvalue weighted by Crippen LogP contribution is -2.28. The minimum absolute atomic E-state index is 0.0294. The summed E-state index contributed by atoms with van der Waals surface area (Å²) >= 11 is 0. The zero-order chi connectivity index (χ0) is 21.6. The van der Waals surface area contributed by atoms with E-state index in [2.05, 4.69) is 10.3 Å². The number of nitrogens with two attached hydrogens (primary N) is 1. The molecule has 1 aliphatic heterocycles. The van der Waals surface area contributed by atoms with Crippen molar-refractivity contribution in [1.82, 2.24) is 4.98 Å². The molecule has 3 aromatic rings. The van der Waals surface area contributed by atoms with Gasteiger partial charge in [0.15, 0.2) is 11.5 Å². The molecule has 31 heavy (non-hydrogen) atoms. The van der Waals surface area contributed by atoms with Crippen LogP contribution in [-0.2, 0) is 20.2 Å². The van der Waals surface area contributed by atoms with Crippen molar-refractivity contribution in [3.05, 3.63) is 66.4 Å². The second kappa shape index (κ2) is 7.07. The Bertz CT molecular complexity index is 1280. The zero-order valence-corrected chi connectivity index (χ0v) is 17.2. The number of aromatic nitrogens is 1. The Morgan fingerprint density at radius 2 is 1.81 bits per heavy atom. The third-order valence-electron chi connectivity index (χ3n) is 5.61. The largest absolute Gasteiger partial charge is 0.454 e. The van der Waals surface area contributed by atoms with E-state index < -0.39 is 15.4 Å². The number of hydrogen-bond acceptors (Lipinski definition) is 6. The lowest BCUT2D eigenvalue weighted by atomic mass is 9.94. The Morgan fingerprint density at radius 3 is 2.52 bits per heavy atom. The number of carbonyl (C=O) groups is 1. The van der Waals surface area contributed by atoms with Gasteiger partial charge in [0, 0.05) is 11.8 Å². The highest BCUT2D eigenvalue weighted by molar-refractivity contribution is 7.89. The van der Waals surface area contributed by atoms with Crippen molar-refractivity contribution < 1.29 is 22.7 Å². The topological polar surface area (TPSA) is 121 Å². The molecule has 1 fully saturated rings. The van der Waals surface area contributed by atoms with E-state index in [9.17, 15) is 13.2 Å². The molecule has 0 bridgehead atoms. The third kappa shape index (κ3) is 3.62. The number of rotatable bonds is 5. The molecule has 0 saturated heterocycles. The van der Waals surface area contributed by atoms with E-state index in [1.165, 1.54) is 12.1 Å². The molecule has 1 aliphatic carbocycles. The van der Waals surface area contributed by atoms with Crippen LogP contribution in [0.25, 0.3) is 11.1 Å². The SMILES string of the molecule is NS(=O)(=O)c1cccc(-c2ccc(NC(=O)C3(c4ccc5c(c4)OCO5)CC3)nc2)c1. The van der Waals surface area contributed by atoms with Crippen LogP contribution in [0.3, 0.4) is 0 Å². The lowest BCUT2D eigenvalue weighted by molar-refractivity contribution is -0.118. The fraction of sp³-hybridized carbons (Fsp3) is 0.182. The molecule has 1 saturated carbocycles. The first-order valence-corrected chi connectivity index (χ1v) is 11.2. The van der Waals surface area contributed by atoms with Gasteiger partial charge in [-0.15, -0.1) is 0 Å². The number of nitrogens with one attached hydrogen (secondary N) is 1. The maximum absolute atomic E-state index is 13.0. The average molecular weight is 437 g/mol. The van der Waals surface area contributed by atoms with Crippen LogP contribution >= 0.6 is 0 Å². The Kier molecular flexibility index (Phi) is 4.45. The van der Waals surface area contributed by atoms with Crippen LogP contribution in [0.2, 0.25) is 0 Å². The molecule has 9 heteroatoms. The molecule has 5 rings (SSSR count). The summed E-state index contributed by atoms with van der Waals surface area (Å²) in [4.78, 5) is 17.4. The van der Waals surface area contributed by atoms with Crippen LogP contribution in [0.5, 0.6) is 11.5 Å². The van der Waals surface area contributed by atoms with Crippen molar-refractivity contribution in [1.29, 1.82) is 0 Å². The van der Waals surface area contributed by atoms with E-state index in [0.717, 1.165) is 18.4 Å². The molecule has 0 radical (unpaired) electrons.